The first kappa shape index (κ1) is 16.7. The van der Waals surface area contributed by atoms with Crippen LogP contribution in [-0.4, -0.2) is 25.7 Å². The lowest BCUT2D eigenvalue weighted by Crippen LogP contribution is -2.12. The Morgan fingerprint density at radius 2 is 2.12 bits per heavy atom. The molecule has 0 saturated carbocycles. The molecule has 3 aromatic rings. The lowest BCUT2D eigenvalue weighted by molar-refractivity contribution is -0.116. The summed E-state index contributed by atoms with van der Waals surface area (Å²) in [5.41, 5.74) is 0.730. The van der Waals surface area contributed by atoms with Gasteiger partial charge in [0.2, 0.25) is 11.8 Å². The number of hydrogen-bond acceptors (Lipinski definition) is 6. The van der Waals surface area contributed by atoms with Gasteiger partial charge in [0.05, 0.1) is 6.33 Å². The van der Waals surface area contributed by atoms with Crippen molar-refractivity contribution < 1.29 is 13.9 Å². The molecule has 0 saturated heterocycles. The number of nitrogens with zero attached hydrogens (tertiary/aromatic N) is 4. The SMILES string of the molecule is Cc1nnc(COc2ccc(NC(=O)CCCn3ccnc3)cc2)o1. The Kier molecular flexibility index (Phi) is 5.40. The number of aryl methyl sites for hydroxylation is 2. The molecular weight excluding hydrogens is 322 g/mol. The predicted octanol–water partition coefficient (Wildman–Crippen LogP) is 2.57. The number of rotatable bonds is 8. The molecule has 2 aromatic heterocycles. The Hall–Kier alpha value is -3.16. The lowest BCUT2D eigenvalue weighted by Gasteiger charge is -2.07. The van der Waals surface area contributed by atoms with E-state index in [2.05, 4.69) is 20.5 Å². The van der Waals surface area contributed by atoms with Gasteiger partial charge in [-0.3, -0.25) is 4.79 Å². The molecule has 130 valence electrons. The van der Waals surface area contributed by atoms with Gasteiger partial charge < -0.3 is 19.0 Å². The Morgan fingerprint density at radius 1 is 1.28 bits per heavy atom. The number of hydrogen-bond donors (Lipinski definition) is 1. The summed E-state index contributed by atoms with van der Waals surface area (Å²) in [6.07, 6.45) is 6.56. The van der Waals surface area contributed by atoms with Gasteiger partial charge in [0.1, 0.15) is 5.75 Å². The van der Waals surface area contributed by atoms with Crippen LogP contribution in [0.3, 0.4) is 0 Å². The van der Waals surface area contributed by atoms with Gasteiger partial charge in [-0.2, -0.15) is 0 Å². The molecule has 3 rings (SSSR count). The van der Waals surface area contributed by atoms with Crippen LogP contribution in [0.15, 0.2) is 47.4 Å². The predicted molar refractivity (Wildman–Crippen MR) is 89.9 cm³/mol. The minimum Gasteiger partial charge on any atom is -0.484 e. The molecule has 0 aliphatic carbocycles. The van der Waals surface area contributed by atoms with E-state index in [4.69, 9.17) is 9.15 Å². The fourth-order valence-electron chi connectivity index (χ4n) is 2.24. The third-order valence-corrected chi connectivity index (χ3v) is 3.45. The molecule has 2 heterocycles. The molecule has 0 radical (unpaired) electrons. The first-order chi connectivity index (χ1) is 12.2. The third-order valence-electron chi connectivity index (χ3n) is 3.45. The standard InChI is InChI=1S/C17H19N5O3/c1-13-20-21-17(25-13)11-24-15-6-4-14(5-7-15)19-16(23)3-2-9-22-10-8-18-12-22/h4-8,10,12H,2-3,9,11H2,1H3,(H,19,23). The Bertz CT molecular complexity index is 796. The molecule has 1 N–H and O–H groups in total. The average Bonchev–Trinajstić information content (AvgIpc) is 3.26. The van der Waals surface area contributed by atoms with Crippen LogP contribution in [0.25, 0.3) is 0 Å². The van der Waals surface area contributed by atoms with Crippen LogP contribution in [0.2, 0.25) is 0 Å². The Morgan fingerprint density at radius 3 is 2.80 bits per heavy atom. The van der Waals surface area contributed by atoms with E-state index in [-0.39, 0.29) is 12.5 Å². The molecule has 1 aromatic carbocycles. The van der Waals surface area contributed by atoms with Gasteiger partial charge in [-0.25, -0.2) is 4.98 Å². The molecule has 8 nitrogen and oxygen atoms in total. The van der Waals surface area contributed by atoms with Crippen LogP contribution in [0.5, 0.6) is 5.75 Å². The van der Waals surface area contributed by atoms with Gasteiger partial charge in [0.15, 0.2) is 6.61 Å². The zero-order chi connectivity index (χ0) is 17.5. The maximum absolute atomic E-state index is 11.9. The molecule has 1 amide bonds. The van der Waals surface area contributed by atoms with Gasteiger partial charge in [0, 0.05) is 38.0 Å². The van der Waals surface area contributed by atoms with Crippen molar-refractivity contribution in [1.29, 1.82) is 0 Å². The summed E-state index contributed by atoms with van der Waals surface area (Å²) in [5, 5.41) is 10.5. The van der Waals surface area contributed by atoms with E-state index in [9.17, 15) is 4.79 Å². The van der Waals surface area contributed by atoms with Crippen molar-refractivity contribution in [3.8, 4) is 5.75 Å². The zero-order valence-electron chi connectivity index (χ0n) is 13.9. The molecular formula is C17H19N5O3. The summed E-state index contributed by atoms with van der Waals surface area (Å²) in [4.78, 5) is 15.9. The highest BCUT2D eigenvalue weighted by molar-refractivity contribution is 5.90. The van der Waals surface area contributed by atoms with Crippen molar-refractivity contribution in [1.82, 2.24) is 19.7 Å². The molecule has 0 atom stereocenters. The van der Waals surface area contributed by atoms with Crippen molar-refractivity contribution in [2.24, 2.45) is 0 Å². The molecule has 0 bridgehead atoms. The fraction of sp³-hybridized carbons (Fsp3) is 0.294. The van der Waals surface area contributed by atoms with E-state index in [1.807, 2.05) is 10.8 Å². The Balaban J connectivity index is 1.41. The summed E-state index contributed by atoms with van der Waals surface area (Å²) in [6.45, 7) is 2.71. The van der Waals surface area contributed by atoms with E-state index in [0.717, 1.165) is 18.7 Å². The van der Waals surface area contributed by atoms with Crippen LogP contribution in [0, 0.1) is 6.92 Å². The minimum atomic E-state index is -0.0184. The summed E-state index contributed by atoms with van der Waals surface area (Å²) in [6, 6.07) is 7.15. The van der Waals surface area contributed by atoms with Crippen molar-refractivity contribution in [2.75, 3.05) is 5.32 Å². The van der Waals surface area contributed by atoms with E-state index in [1.54, 1.807) is 43.7 Å². The highest BCUT2D eigenvalue weighted by Crippen LogP contribution is 2.17. The van der Waals surface area contributed by atoms with Gasteiger partial charge in [-0.05, 0) is 30.7 Å². The monoisotopic (exact) mass is 341 g/mol. The maximum Gasteiger partial charge on any atom is 0.253 e. The normalized spacial score (nSPS) is 10.6. The number of anilines is 1. The molecule has 25 heavy (non-hydrogen) atoms. The third kappa shape index (κ3) is 5.17. The molecule has 0 aliphatic heterocycles. The minimum absolute atomic E-state index is 0.0184. The number of carbonyl (C=O) groups is 1. The number of amides is 1. The van der Waals surface area contributed by atoms with Crippen LogP contribution < -0.4 is 10.1 Å². The second-order valence-electron chi connectivity index (χ2n) is 5.48. The number of ether oxygens (including phenoxy) is 1. The van der Waals surface area contributed by atoms with Crippen molar-refractivity contribution in [2.45, 2.75) is 32.9 Å². The number of imidazole rings is 1. The highest BCUT2D eigenvalue weighted by atomic mass is 16.5. The first-order valence-electron chi connectivity index (χ1n) is 7.96. The molecule has 0 fully saturated rings. The largest absolute Gasteiger partial charge is 0.484 e. The van der Waals surface area contributed by atoms with Gasteiger partial charge in [0.25, 0.3) is 5.89 Å². The lowest BCUT2D eigenvalue weighted by atomic mass is 10.2. The summed E-state index contributed by atoms with van der Waals surface area (Å²) in [5.74, 6) is 1.57. The van der Waals surface area contributed by atoms with Gasteiger partial charge >= 0.3 is 0 Å². The van der Waals surface area contributed by atoms with E-state index in [1.165, 1.54) is 0 Å². The van der Waals surface area contributed by atoms with Crippen molar-refractivity contribution in [3.05, 3.63) is 54.8 Å². The molecule has 8 heteroatoms. The van der Waals surface area contributed by atoms with Gasteiger partial charge in [-0.15, -0.1) is 10.2 Å². The first-order valence-corrected chi connectivity index (χ1v) is 7.96. The van der Waals surface area contributed by atoms with Crippen molar-refractivity contribution >= 4 is 11.6 Å². The number of nitrogens with one attached hydrogen (secondary N) is 1. The molecule has 0 unspecified atom stereocenters. The summed E-state index contributed by atoms with van der Waals surface area (Å²) >= 11 is 0. The smallest absolute Gasteiger partial charge is 0.253 e. The highest BCUT2D eigenvalue weighted by Gasteiger charge is 2.05. The average molecular weight is 341 g/mol. The zero-order valence-corrected chi connectivity index (χ0v) is 13.9. The second kappa shape index (κ2) is 8.09. The summed E-state index contributed by atoms with van der Waals surface area (Å²) < 4.78 is 12.7. The molecule has 0 aliphatic rings. The number of carbonyl (C=O) groups excluding carboxylic acids is 1. The van der Waals surface area contributed by atoms with Crippen molar-refractivity contribution in [3.63, 3.8) is 0 Å². The maximum atomic E-state index is 11.9. The topological polar surface area (TPSA) is 95.1 Å². The van der Waals surface area contributed by atoms with E-state index < -0.39 is 0 Å². The van der Waals surface area contributed by atoms with Crippen LogP contribution >= 0.6 is 0 Å². The molecule has 0 spiro atoms. The Labute approximate surface area is 144 Å². The van der Waals surface area contributed by atoms with Crippen LogP contribution in [-0.2, 0) is 17.9 Å². The summed E-state index contributed by atoms with van der Waals surface area (Å²) in [7, 11) is 0. The fourth-order valence-corrected chi connectivity index (χ4v) is 2.24. The van der Waals surface area contributed by atoms with E-state index >= 15 is 0 Å². The number of benzene rings is 1. The quantitative estimate of drug-likeness (QED) is 0.676. The van der Waals surface area contributed by atoms with E-state index in [0.29, 0.717) is 24.0 Å². The van der Waals surface area contributed by atoms with Gasteiger partial charge in [-0.1, -0.05) is 0 Å². The second-order valence-corrected chi connectivity index (χ2v) is 5.48. The van der Waals surface area contributed by atoms with Crippen LogP contribution in [0.1, 0.15) is 24.6 Å². The number of aromatic nitrogens is 4. The van der Waals surface area contributed by atoms with Crippen LogP contribution in [0.4, 0.5) is 5.69 Å².